The Morgan fingerprint density at radius 2 is 1.96 bits per heavy atom. The highest BCUT2D eigenvalue weighted by molar-refractivity contribution is 6.31. The van der Waals surface area contributed by atoms with Crippen molar-refractivity contribution in [3.63, 3.8) is 0 Å². The maximum atomic E-state index is 14.4. The molecule has 1 aliphatic heterocycles. The van der Waals surface area contributed by atoms with Crippen molar-refractivity contribution in [2.75, 3.05) is 14.2 Å². The van der Waals surface area contributed by atoms with Gasteiger partial charge in [-0.15, -0.1) is 0 Å². The molecule has 1 aromatic carbocycles. The molecule has 1 fully saturated rings. The standard InChI is InChI=1S/C15H12ClFN4O2/c1-22-15(23-2)14(7-19)11(13(14,6-18)12(20)21-15)10-8(16)4-3-5-9(10)17/h3-5,11H,1-2H3,(H2,20,21)/p+1/t11-,13-,14-/m1/s1. The molecule has 0 saturated heterocycles. The van der Waals surface area contributed by atoms with E-state index in [2.05, 4.69) is 11.1 Å². The lowest BCUT2D eigenvalue weighted by Gasteiger charge is -2.27. The molecule has 3 N–H and O–H groups in total. The second-order valence-electron chi connectivity index (χ2n) is 5.47. The summed E-state index contributed by atoms with van der Waals surface area (Å²) >= 11 is 6.13. The Kier molecular flexibility index (Phi) is 3.18. The van der Waals surface area contributed by atoms with E-state index in [0.29, 0.717) is 0 Å². The predicted molar refractivity (Wildman–Crippen MR) is 77.1 cm³/mol. The van der Waals surface area contributed by atoms with E-state index >= 15 is 0 Å². The molecule has 2 aliphatic rings. The summed E-state index contributed by atoms with van der Waals surface area (Å²) in [7, 11) is 2.63. The van der Waals surface area contributed by atoms with Crippen LogP contribution < -0.4 is 10.7 Å². The average molecular weight is 336 g/mol. The van der Waals surface area contributed by atoms with Gasteiger partial charge in [0.25, 0.3) is 5.84 Å². The Hall–Kier alpha value is -2.19. The van der Waals surface area contributed by atoms with Gasteiger partial charge >= 0.3 is 5.91 Å². The molecule has 0 radical (unpaired) electrons. The van der Waals surface area contributed by atoms with Crippen LogP contribution in [0.4, 0.5) is 4.39 Å². The molecule has 8 heteroatoms. The van der Waals surface area contributed by atoms with Crippen molar-refractivity contribution in [2.24, 2.45) is 16.6 Å². The van der Waals surface area contributed by atoms with Crippen LogP contribution in [0.3, 0.4) is 0 Å². The molecule has 1 aliphatic carbocycles. The van der Waals surface area contributed by atoms with Crippen LogP contribution in [0, 0.1) is 39.3 Å². The zero-order valence-electron chi connectivity index (χ0n) is 12.4. The van der Waals surface area contributed by atoms with Crippen LogP contribution in [-0.4, -0.2) is 26.0 Å². The Balaban J connectivity index is 2.33. The topological polar surface area (TPSA) is 106 Å². The molecule has 0 unspecified atom stereocenters. The van der Waals surface area contributed by atoms with Crippen LogP contribution >= 0.6 is 11.6 Å². The number of fused-ring (bicyclic) bond motifs is 1. The van der Waals surface area contributed by atoms with Gasteiger partial charge in [0.15, 0.2) is 10.8 Å². The lowest BCUT2D eigenvalue weighted by Crippen LogP contribution is -2.90. The molecule has 23 heavy (non-hydrogen) atoms. The van der Waals surface area contributed by atoms with Crippen LogP contribution in [0.15, 0.2) is 18.2 Å². The normalized spacial score (nSPS) is 33.3. The van der Waals surface area contributed by atoms with Gasteiger partial charge in [0.1, 0.15) is 5.82 Å². The van der Waals surface area contributed by atoms with Gasteiger partial charge in [-0.3, -0.25) is 5.73 Å². The second kappa shape index (κ2) is 4.65. The van der Waals surface area contributed by atoms with Gasteiger partial charge in [-0.2, -0.15) is 10.5 Å². The van der Waals surface area contributed by atoms with Gasteiger partial charge in [-0.05, 0) is 12.1 Å². The molecular weight excluding hydrogens is 323 g/mol. The molecule has 1 saturated carbocycles. The number of rotatable bonds is 3. The Morgan fingerprint density at radius 3 is 2.43 bits per heavy atom. The average Bonchev–Trinajstić information content (AvgIpc) is 3.09. The number of nitrogens with zero attached hydrogens (tertiary/aromatic N) is 2. The molecule has 0 spiro atoms. The van der Waals surface area contributed by atoms with Crippen LogP contribution in [-0.2, 0) is 9.47 Å². The van der Waals surface area contributed by atoms with Gasteiger partial charge in [-0.25, -0.2) is 9.38 Å². The lowest BCUT2D eigenvalue weighted by atomic mass is 9.93. The first kappa shape index (κ1) is 15.7. The number of hydrogen-bond donors (Lipinski definition) is 2. The monoisotopic (exact) mass is 335 g/mol. The van der Waals surface area contributed by atoms with Crippen molar-refractivity contribution in [1.82, 2.24) is 0 Å². The third-order valence-corrected chi connectivity index (χ3v) is 5.19. The summed E-state index contributed by atoms with van der Waals surface area (Å²) in [4.78, 5) is 2.73. The van der Waals surface area contributed by atoms with E-state index in [0.717, 1.165) is 0 Å². The summed E-state index contributed by atoms with van der Waals surface area (Å²) in [6, 6.07) is 8.28. The summed E-state index contributed by atoms with van der Waals surface area (Å²) in [5.41, 5.74) is 2.98. The Morgan fingerprint density at radius 1 is 1.30 bits per heavy atom. The predicted octanol–water partition coefficient (Wildman–Crippen LogP) is -0.00574. The van der Waals surface area contributed by atoms with Crippen molar-refractivity contribution in [3.8, 4) is 12.1 Å². The number of nitriles is 2. The highest BCUT2D eigenvalue weighted by atomic mass is 35.5. The van der Waals surface area contributed by atoms with E-state index < -0.39 is 28.5 Å². The largest absolute Gasteiger partial charge is 0.342 e. The van der Waals surface area contributed by atoms with E-state index in [9.17, 15) is 14.9 Å². The van der Waals surface area contributed by atoms with E-state index in [1.807, 2.05) is 6.07 Å². The smallest absolute Gasteiger partial charge is 0.317 e. The molecule has 118 valence electrons. The minimum atomic E-state index is -1.67. The van der Waals surface area contributed by atoms with Gasteiger partial charge in [0, 0.05) is 24.8 Å². The zero-order valence-corrected chi connectivity index (χ0v) is 13.1. The Labute approximate surface area is 136 Å². The van der Waals surface area contributed by atoms with Gasteiger partial charge in [0.2, 0.25) is 0 Å². The number of halogens is 2. The second-order valence-corrected chi connectivity index (χ2v) is 5.88. The first-order chi connectivity index (χ1) is 10.9. The van der Waals surface area contributed by atoms with E-state index in [1.54, 1.807) is 0 Å². The molecule has 6 nitrogen and oxygen atoms in total. The SMILES string of the molecule is COC1(OC)[NH+]=C(N)[C@@]2(C#N)[C@@H](c3c(F)cccc3Cl)[C@@]12C#N. The van der Waals surface area contributed by atoms with Crippen molar-refractivity contribution in [2.45, 2.75) is 11.8 Å². The summed E-state index contributed by atoms with van der Waals surface area (Å²) in [5, 5.41) is 19.7. The number of amidine groups is 1. The first-order valence-corrected chi connectivity index (χ1v) is 7.08. The van der Waals surface area contributed by atoms with Crippen molar-refractivity contribution in [3.05, 3.63) is 34.6 Å². The molecule has 3 atom stereocenters. The van der Waals surface area contributed by atoms with E-state index in [4.69, 9.17) is 26.8 Å². The third-order valence-electron chi connectivity index (χ3n) is 4.86. The highest BCUT2D eigenvalue weighted by Crippen LogP contribution is 2.79. The van der Waals surface area contributed by atoms with E-state index in [1.165, 1.54) is 32.4 Å². The quantitative estimate of drug-likeness (QED) is 0.756. The van der Waals surface area contributed by atoms with Crippen molar-refractivity contribution >= 4 is 17.4 Å². The van der Waals surface area contributed by atoms with Crippen LogP contribution in [0.2, 0.25) is 5.02 Å². The molecule has 1 heterocycles. The third kappa shape index (κ3) is 1.41. The van der Waals surface area contributed by atoms with Crippen LogP contribution in [0.25, 0.3) is 0 Å². The number of nitrogens with two attached hydrogens (primary N) is 1. The van der Waals surface area contributed by atoms with E-state index in [-0.39, 0.29) is 16.4 Å². The number of nitrogens with one attached hydrogen (secondary N) is 1. The summed E-state index contributed by atoms with van der Waals surface area (Å²) in [6.45, 7) is 0. The first-order valence-electron chi connectivity index (χ1n) is 6.70. The van der Waals surface area contributed by atoms with Gasteiger partial charge in [0.05, 0.1) is 18.1 Å². The lowest BCUT2D eigenvalue weighted by molar-refractivity contribution is -0.687. The molecule has 0 amide bonds. The van der Waals surface area contributed by atoms with Crippen LogP contribution in [0.5, 0.6) is 0 Å². The van der Waals surface area contributed by atoms with Crippen LogP contribution in [0.1, 0.15) is 11.5 Å². The highest BCUT2D eigenvalue weighted by Gasteiger charge is 2.97. The molecule has 0 bridgehead atoms. The van der Waals surface area contributed by atoms with Crippen molar-refractivity contribution < 1.29 is 18.9 Å². The maximum Gasteiger partial charge on any atom is 0.342 e. The van der Waals surface area contributed by atoms with Crippen molar-refractivity contribution in [1.29, 1.82) is 10.5 Å². The molecule has 1 aromatic rings. The Bertz CT molecular complexity index is 790. The fourth-order valence-electron chi connectivity index (χ4n) is 3.83. The molecular formula is C15H13ClFN4O2+. The fraction of sp³-hybridized carbons (Fsp3) is 0.400. The summed E-state index contributed by atoms with van der Waals surface area (Å²) < 4.78 is 25.1. The number of ether oxygens (including phenoxy) is 2. The minimum absolute atomic E-state index is 0.00503. The summed E-state index contributed by atoms with van der Waals surface area (Å²) in [6.07, 6.45) is 0. The van der Waals surface area contributed by atoms with Gasteiger partial charge < -0.3 is 9.47 Å². The summed E-state index contributed by atoms with van der Waals surface area (Å²) in [5.74, 6) is -3.21. The number of benzene rings is 1. The zero-order chi connectivity index (χ0) is 17.0. The molecule has 0 aromatic heterocycles. The number of hydrogen-bond acceptors (Lipinski definition) is 5. The number of methoxy groups -OCH3 is 2. The minimum Gasteiger partial charge on any atom is -0.317 e. The van der Waals surface area contributed by atoms with Gasteiger partial charge in [-0.1, -0.05) is 17.7 Å². The fourth-order valence-corrected chi connectivity index (χ4v) is 4.10. The molecule has 3 rings (SSSR count). The maximum absolute atomic E-state index is 14.4.